The van der Waals surface area contributed by atoms with Crippen molar-refractivity contribution in [3.05, 3.63) is 0 Å². The van der Waals surface area contributed by atoms with Crippen molar-refractivity contribution >= 4 is 6.09 Å². The van der Waals surface area contributed by atoms with Gasteiger partial charge in [0.2, 0.25) is 0 Å². The van der Waals surface area contributed by atoms with Crippen molar-refractivity contribution < 1.29 is 14.3 Å². The highest BCUT2D eigenvalue weighted by Gasteiger charge is 2.30. The zero-order chi connectivity index (χ0) is 16.3. The van der Waals surface area contributed by atoms with Crippen LogP contribution < -0.4 is 10.6 Å². The lowest BCUT2D eigenvalue weighted by molar-refractivity contribution is -0.0634. The van der Waals surface area contributed by atoms with Crippen molar-refractivity contribution in [2.24, 2.45) is 0 Å². The summed E-state index contributed by atoms with van der Waals surface area (Å²) in [5, 5.41) is 6.45. The van der Waals surface area contributed by atoms with Crippen LogP contribution in [0.1, 0.15) is 61.3 Å². The van der Waals surface area contributed by atoms with Crippen molar-refractivity contribution in [2.75, 3.05) is 13.2 Å². The van der Waals surface area contributed by atoms with Gasteiger partial charge in [-0.3, -0.25) is 0 Å². The van der Waals surface area contributed by atoms with Crippen molar-refractivity contribution in [3.8, 4) is 0 Å². The second-order valence-electron chi connectivity index (χ2n) is 8.19. The first-order valence-electron chi connectivity index (χ1n) is 7.77. The molecule has 1 atom stereocenters. The summed E-state index contributed by atoms with van der Waals surface area (Å²) in [4.78, 5) is 11.8. The largest absolute Gasteiger partial charge is 0.444 e. The minimum absolute atomic E-state index is 0.0708. The van der Waals surface area contributed by atoms with Crippen LogP contribution in [0.5, 0.6) is 0 Å². The van der Waals surface area contributed by atoms with E-state index in [9.17, 15) is 4.79 Å². The van der Waals surface area contributed by atoms with Crippen LogP contribution in [-0.4, -0.2) is 42.0 Å². The molecule has 1 saturated heterocycles. The first-order chi connectivity index (χ1) is 9.39. The number of rotatable bonds is 4. The molecule has 1 aliphatic heterocycles. The smallest absolute Gasteiger partial charge is 0.408 e. The van der Waals surface area contributed by atoms with Gasteiger partial charge in [0.1, 0.15) is 5.60 Å². The Labute approximate surface area is 129 Å². The third kappa shape index (κ3) is 7.67. The van der Waals surface area contributed by atoms with Crippen LogP contribution in [0.2, 0.25) is 0 Å². The van der Waals surface area contributed by atoms with E-state index >= 15 is 0 Å². The average molecular weight is 300 g/mol. The number of carbonyl (C=O) groups excluding carboxylic acids is 1. The molecule has 1 amide bonds. The molecule has 0 bridgehead atoms. The highest BCUT2D eigenvalue weighted by molar-refractivity contribution is 5.68. The van der Waals surface area contributed by atoms with Crippen molar-refractivity contribution in [2.45, 2.75) is 84.1 Å². The number of hydrogen-bond acceptors (Lipinski definition) is 4. The third-order valence-electron chi connectivity index (χ3n) is 3.37. The van der Waals surface area contributed by atoms with Crippen LogP contribution in [-0.2, 0) is 9.47 Å². The van der Waals surface area contributed by atoms with Gasteiger partial charge in [0.05, 0.1) is 11.1 Å². The molecule has 5 nitrogen and oxygen atoms in total. The molecule has 1 aliphatic rings. The molecule has 1 unspecified atom stereocenters. The summed E-state index contributed by atoms with van der Waals surface area (Å²) in [5.41, 5.74) is -0.901. The molecule has 1 heterocycles. The molecule has 2 N–H and O–H groups in total. The SMILES string of the molecule is CC(C)(CNC1CCOC(C)(C)C1)NC(=O)OC(C)(C)C. The van der Waals surface area contributed by atoms with Gasteiger partial charge in [0, 0.05) is 19.2 Å². The second kappa shape index (κ2) is 6.53. The third-order valence-corrected chi connectivity index (χ3v) is 3.37. The topological polar surface area (TPSA) is 59.6 Å². The van der Waals surface area contributed by atoms with E-state index in [1.807, 2.05) is 34.6 Å². The van der Waals surface area contributed by atoms with Gasteiger partial charge in [-0.15, -0.1) is 0 Å². The zero-order valence-electron chi connectivity index (χ0n) is 14.6. The molecule has 0 saturated carbocycles. The summed E-state index contributed by atoms with van der Waals surface area (Å²) in [6.45, 7) is 15.3. The summed E-state index contributed by atoms with van der Waals surface area (Å²) in [6.07, 6.45) is 1.61. The van der Waals surface area contributed by atoms with E-state index in [0.717, 1.165) is 19.4 Å². The van der Waals surface area contributed by atoms with Gasteiger partial charge in [-0.2, -0.15) is 0 Å². The average Bonchev–Trinajstić information content (AvgIpc) is 2.21. The summed E-state index contributed by atoms with van der Waals surface area (Å²) in [5.74, 6) is 0. The highest BCUT2D eigenvalue weighted by Crippen LogP contribution is 2.24. The minimum Gasteiger partial charge on any atom is -0.444 e. The number of nitrogens with one attached hydrogen (secondary N) is 2. The number of alkyl carbamates (subject to hydrolysis) is 1. The molecule has 5 heteroatoms. The molecule has 124 valence electrons. The maximum Gasteiger partial charge on any atom is 0.408 e. The predicted molar refractivity (Wildman–Crippen MR) is 84.5 cm³/mol. The summed E-state index contributed by atoms with van der Waals surface area (Å²) in [6, 6.07) is 0.425. The van der Waals surface area contributed by atoms with E-state index < -0.39 is 5.60 Å². The summed E-state index contributed by atoms with van der Waals surface area (Å²) in [7, 11) is 0. The van der Waals surface area contributed by atoms with Gasteiger partial charge in [-0.25, -0.2) is 4.79 Å². The number of hydrogen-bond donors (Lipinski definition) is 2. The molecule has 0 aliphatic carbocycles. The summed E-state index contributed by atoms with van der Waals surface area (Å²) < 4.78 is 11.0. The molecule has 0 aromatic heterocycles. The Balaban J connectivity index is 2.40. The fraction of sp³-hybridized carbons (Fsp3) is 0.938. The van der Waals surface area contributed by atoms with Crippen molar-refractivity contribution in [1.82, 2.24) is 10.6 Å². The van der Waals surface area contributed by atoms with E-state index in [2.05, 4.69) is 24.5 Å². The van der Waals surface area contributed by atoms with Crippen LogP contribution in [0, 0.1) is 0 Å². The van der Waals surface area contributed by atoms with E-state index in [1.165, 1.54) is 0 Å². The van der Waals surface area contributed by atoms with Gasteiger partial charge in [0.15, 0.2) is 0 Å². The Morgan fingerprint density at radius 1 is 1.29 bits per heavy atom. The van der Waals surface area contributed by atoms with Crippen LogP contribution in [0.3, 0.4) is 0 Å². The normalized spacial score (nSPS) is 22.7. The molecule has 1 fully saturated rings. The van der Waals surface area contributed by atoms with E-state index in [-0.39, 0.29) is 17.2 Å². The quantitative estimate of drug-likeness (QED) is 0.838. The molecule has 1 rings (SSSR count). The first kappa shape index (κ1) is 18.2. The predicted octanol–water partition coefficient (Wildman–Crippen LogP) is 2.84. The molecule has 21 heavy (non-hydrogen) atoms. The second-order valence-corrected chi connectivity index (χ2v) is 8.19. The van der Waals surface area contributed by atoms with Crippen LogP contribution in [0.25, 0.3) is 0 Å². The molecule has 0 radical (unpaired) electrons. The van der Waals surface area contributed by atoms with Crippen LogP contribution >= 0.6 is 0 Å². The molecular formula is C16H32N2O3. The maximum absolute atomic E-state index is 11.8. The lowest BCUT2D eigenvalue weighted by Gasteiger charge is -2.38. The van der Waals surface area contributed by atoms with E-state index in [4.69, 9.17) is 9.47 Å². The van der Waals surface area contributed by atoms with Crippen LogP contribution in [0.4, 0.5) is 4.79 Å². The molecule has 0 spiro atoms. The Hall–Kier alpha value is -0.810. The van der Waals surface area contributed by atoms with Crippen LogP contribution in [0.15, 0.2) is 0 Å². The lowest BCUT2D eigenvalue weighted by Crippen LogP contribution is -2.54. The number of carbonyl (C=O) groups is 1. The standard InChI is InChI=1S/C16H32N2O3/c1-14(2,3)21-13(19)18-15(4,5)11-17-12-8-9-20-16(6,7)10-12/h12,17H,8-11H2,1-7H3,(H,18,19). The van der Waals surface area contributed by atoms with E-state index in [1.54, 1.807) is 0 Å². The Bertz CT molecular complexity index is 359. The first-order valence-corrected chi connectivity index (χ1v) is 7.77. The Morgan fingerprint density at radius 3 is 2.43 bits per heavy atom. The van der Waals surface area contributed by atoms with Gasteiger partial charge in [-0.05, 0) is 61.3 Å². The van der Waals surface area contributed by atoms with E-state index in [0.29, 0.717) is 12.6 Å². The van der Waals surface area contributed by atoms with Crippen molar-refractivity contribution in [1.29, 1.82) is 0 Å². The van der Waals surface area contributed by atoms with Crippen molar-refractivity contribution in [3.63, 3.8) is 0 Å². The maximum atomic E-state index is 11.8. The fourth-order valence-corrected chi connectivity index (χ4v) is 2.43. The number of ether oxygens (including phenoxy) is 2. The summed E-state index contributed by atoms with van der Waals surface area (Å²) >= 11 is 0. The minimum atomic E-state index is -0.474. The van der Waals surface area contributed by atoms with Gasteiger partial charge < -0.3 is 20.1 Å². The molecule has 0 aromatic carbocycles. The number of amides is 1. The van der Waals surface area contributed by atoms with Gasteiger partial charge in [0.25, 0.3) is 0 Å². The zero-order valence-corrected chi connectivity index (χ0v) is 14.6. The molecule has 0 aromatic rings. The lowest BCUT2D eigenvalue weighted by atomic mass is 9.93. The highest BCUT2D eigenvalue weighted by atomic mass is 16.6. The van der Waals surface area contributed by atoms with Gasteiger partial charge in [-0.1, -0.05) is 0 Å². The Morgan fingerprint density at radius 2 is 1.90 bits per heavy atom. The molecular weight excluding hydrogens is 268 g/mol. The fourth-order valence-electron chi connectivity index (χ4n) is 2.43. The van der Waals surface area contributed by atoms with Gasteiger partial charge >= 0.3 is 6.09 Å². The monoisotopic (exact) mass is 300 g/mol. The Kier molecular flexibility index (Phi) is 5.67.